The molecule has 7 atom stereocenters. The molecule has 7 rings (SSSR count). The predicted octanol–water partition coefficient (Wildman–Crippen LogP) is 2.37. The predicted molar refractivity (Wildman–Crippen MR) is 96.1 cm³/mol. The molecule has 4 saturated heterocycles. The summed E-state index contributed by atoms with van der Waals surface area (Å²) >= 11 is 0. The van der Waals surface area contributed by atoms with Crippen molar-refractivity contribution >= 4 is 11.5 Å². The average molecular weight is 336 g/mol. The van der Waals surface area contributed by atoms with E-state index in [1.165, 1.54) is 11.1 Å². The summed E-state index contributed by atoms with van der Waals surface area (Å²) < 4.78 is 5.67. The molecule has 130 valence electrons. The largest absolute Gasteiger partial charge is 0.495 e. The highest BCUT2D eigenvalue weighted by Crippen LogP contribution is 2.67. The lowest BCUT2D eigenvalue weighted by Gasteiger charge is -2.58. The number of ketones is 1. The monoisotopic (exact) mass is 336 g/mol. The van der Waals surface area contributed by atoms with Crippen molar-refractivity contribution in [3.8, 4) is 5.75 Å². The molecule has 6 aliphatic rings. The first-order valence-electron chi connectivity index (χ1n) is 9.49. The number of piperidine rings is 4. The Kier molecular flexibility index (Phi) is 2.47. The molecule has 0 N–H and O–H groups in total. The van der Waals surface area contributed by atoms with Gasteiger partial charge in [0.2, 0.25) is 0 Å². The van der Waals surface area contributed by atoms with E-state index in [0.29, 0.717) is 23.8 Å². The zero-order chi connectivity index (χ0) is 17.1. The Hall–Kier alpha value is -1.81. The van der Waals surface area contributed by atoms with Crippen LogP contribution in [0, 0.1) is 11.8 Å². The molecule has 4 nitrogen and oxygen atoms in total. The Labute approximate surface area is 148 Å². The third-order valence-electron chi connectivity index (χ3n) is 8.02. The summed E-state index contributed by atoms with van der Waals surface area (Å²) in [5.41, 5.74) is 3.56. The summed E-state index contributed by atoms with van der Waals surface area (Å²) in [5, 5.41) is 0. The van der Waals surface area contributed by atoms with E-state index < -0.39 is 0 Å². The molecule has 1 aliphatic carbocycles. The fourth-order valence-corrected chi connectivity index (χ4v) is 7.29. The van der Waals surface area contributed by atoms with Crippen molar-refractivity contribution in [1.82, 2.24) is 4.90 Å². The molecule has 5 aliphatic heterocycles. The molecular formula is C21H24N2O2. The van der Waals surface area contributed by atoms with Crippen LogP contribution in [0.4, 0.5) is 5.69 Å². The van der Waals surface area contributed by atoms with Gasteiger partial charge in [-0.25, -0.2) is 0 Å². The molecule has 4 heteroatoms. The zero-order valence-electron chi connectivity index (χ0n) is 15.0. The zero-order valence-corrected chi connectivity index (χ0v) is 15.0. The molecule has 25 heavy (non-hydrogen) atoms. The fraction of sp³-hybridized carbons (Fsp3) is 0.571. The van der Waals surface area contributed by atoms with Crippen molar-refractivity contribution < 1.29 is 9.53 Å². The molecule has 1 spiro atoms. The normalized spacial score (nSPS) is 46.8. The van der Waals surface area contributed by atoms with Crippen molar-refractivity contribution in [3.63, 3.8) is 0 Å². The first-order valence-corrected chi connectivity index (χ1v) is 9.49. The highest BCUT2D eigenvalue weighted by atomic mass is 16.5. The molecule has 1 aromatic carbocycles. The van der Waals surface area contributed by atoms with Crippen LogP contribution in [0.5, 0.6) is 5.75 Å². The first kappa shape index (κ1) is 14.4. The maximum Gasteiger partial charge on any atom is 0.150 e. The highest BCUT2D eigenvalue weighted by Gasteiger charge is 2.74. The number of carbonyl (C=O) groups is 1. The maximum atomic E-state index is 13.9. The summed E-state index contributed by atoms with van der Waals surface area (Å²) in [6, 6.07) is 7.47. The number of methoxy groups -OCH3 is 1. The minimum atomic E-state index is -0.312. The van der Waals surface area contributed by atoms with Crippen LogP contribution in [0.1, 0.15) is 25.3 Å². The quantitative estimate of drug-likeness (QED) is 0.737. The third-order valence-corrected chi connectivity index (χ3v) is 8.02. The van der Waals surface area contributed by atoms with E-state index in [2.05, 4.69) is 42.0 Å². The Morgan fingerprint density at radius 3 is 2.92 bits per heavy atom. The molecule has 5 heterocycles. The Morgan fingerprint density at radius 2 is 2.16 bits per heavy atom. The lowest BCUT2D eigenvalue weighted by molar-refractivity contribution is -0.126. The van der Waals surface area contributed by atoms with Gasteiger partial charge >= 0.3 is 0 Å². The molecule has 1 saturated carbocycles. The van der Waals surface area contributed by atoms with Crippen molar-refractivity contribution in [3.05, 3.63) is 35.4 Å². The van der Waals surface area contributed by atoms with Crippen LogP contribution in [0.25, 0.3) is 0 Å². The molecular weight excluding hydrogens is 312 g/mol. The van der Waals surface area contributed by atoms with Gasteiger partial charge in [0.15, 0.2) is 5.78 Å². The number of para-hydroxylation sites is 1. The maximum absolute atomic E-state index is 13.9. The summed E-state index contributed by atoms with van der Waals surface area (Å²) in [4.78, 5) is 18.9. The van der Waals surface area contributed by atoms with Crippen LogP contribution in [-0.4, -0.2) is 49.5 Å². The number of fused-ring (bicyclic) bond motifs is 2. The lowest BCUT2D eigenvalue weighted by Crippen LogP contribution is -2.68. The van der Waals surface area contributed by atoms with Crippen molar-refractivity contribution in [2.45, 2.75) is 43.3 Å². The Bertz CT molecular complexity index is 846. The minimum absolute atomic E-state index is 0.201. The number of hydrogen-bond donors (Lipinski definition) is 0. The number of hydrogen-bond acceptors (Lipinski definition) is 4. The van der Waals surface area contributed by atoms with Crippen LogP contribution in [0.3, 0.4) is 0 Å². The van der Waals surface area contributed by atoms with Gasteiger partial charge in [0.25, 0.3) is 0 Å². The summed E-state index contributed by atoms with van der Waals surface area (Å²) in [5.74, 6) is 2.09. The van der Waals surface area contributed by atoms with E-state index in [1.54, 1.807) is 7.11 Å². The standard InChI is InChI=1S/C21H24N2O2/c1-4-11-10-23-14-8-12(11)17-15(23)9-21(20(17)24)13-6-5-7-16(25-3)18(13)22(2)19(14)21/h4-7,12,14-15,17,19H,8-10H2,1-3H3/t12-,14-,15-,17-,19-,21+/m0/s1. The number of allylic oxidation sites excluding steroid dienone is 1. The average Bonchev–Trinajstić information content (AvgIpc) is 3.04. The van der Waals surface area contributed by atoms with Gasteiger partial charge in [-0.15, -0.1) is 0 Å². The number of rotatable bonds is 1. The number of likely N-dealkylation sites (N-methyl/N-ethyl adjacent to an activating group) is 1. The molecule has 1 unspecified atom stereocenters. The van der Waals surface area contributed by atoms with Gasteiger partial charge in [0.1, 0.15) is 5.75 Å². The number of ether oxygens (including phenoxy) is 1. The van der Waals surface area contributed by atoms with Gasteiger partial charge in [0.05, 0.1) is 24.3 Å². The van der Waals surface area contributed by atoms with Crippen LogP contribution in [0.2, 0.25) is 0 Å². The van der Waals surface area contributed by atoms with Crippen LogP contribution in [0.15, 0.2) is 29.8 Å². The fourth-order valence-electron chi connectivity index (χ4n) is 7.29. The smallest absolute Gasteiger partial charge is 0.150 e. The van der Waals surface area contributed by atoms with Gasteiger partial charge < -0.3 is 9.64 Å². The van der Waals surface area contributed by atoms with E-state index in [-0.39, 0.29) is 17.4 Å². The van der Waals surface area contributed by atoms with Gasteiger partial charge in [-0.2, -0.15) is 0 Å². The second-order valence-electron chi connectivity index (χ2n) is 8.49. The van der Waals surface area contributed by atoms with Crippen molar-refractivity contribution in [2.75, 3.05) is 25.6 Å². The highest BCUT2D eigenvalue weighted by molar-refractivity contribution is 6.02. The van der Waals surface area contributed by atoms with E-state index >= 15 is 0 Å². The third kappa shape index (κ3) is 1.31. The van der Waals surface area contributed by atoms with E-state index in [0.717, 1.165) is 30.8 Å². The van der Waals surface area contributed by atoms with Crippen LogP contribution < -0.4 is 9.64 Å². The molecule has 0 amide bonds. The van der Waals surface area contributed by atoms with Gasteiger partial charge in [-0.3, -0.25) is 9.69 Å². The lowest BCUT2D eigenvalue weighted by atomic mass is 9.65. The second-order valence-corrected chi connectivity index (χ2v) is 8.49. The molecule has 0 aromatic heterocycles. The Balaban J connectivity index is 1.62. The van der Waals surface area contributed by atoms with Gasteiger partial charge in [-0.05, 0) is 37.3 Å². The molecule has 5 bridgehead atoms. The van der Waals surface area contributed by atoms with E-state index in [1.807, 2.05) is 6.07 Å². The first-order chi connectivity index (χ1) is 12.1. The SMILES string of the molecule is CC=C1CN2[C@H]3C[C@]45C(=O)[C@H]3[C@H]1C[C@H]2[C@@H]4N(C)c1c(OC)cccc15. The number of carbonyl (C=O) groups excluding carboxylic acids is 1. The molecule has 0 radical (unpaired) electrons. The number of Topliss-reactive ketones (excluding diaryl/α,β-unsaturated/α-hetero) is 1. The Morgan fingerprint density at radius 1 is 1.32 bits per heavy atom. The number of nitrogens with zero attached hydrogens (tertiary/aromatic N) is 2. The topological polar surface area (TPSA) is 32.8 Å². The van der Waals surface area contributed by atoms with Crippen molar-refractivity contribution in [1.29, 1.82) is 0 Å². The summed E-state index contributed by atoms with van der Waals surface area (Å²) in [6.45, 7) is 3.20. The van der Waals surface area contributed by atoms with Gasteiger partial charge in [0, 0.05) is 31.6 Å². The van der Waals surface area contributed by atoms with Crippen LogP contribution in [-0.2, 0) is 10.2 Å². The van der Waals surface area contributed by atoms with E-state index in [9.17, 15) is 4.79 Å². The summed E-state index contributed by atoms with van der Waals surface area (Å²) in [7, 11) is 3.91. The van der Waals surface area contributed by atoms with E-state index in [4.69, 9.17) is 4.74 Å². The van der Waals surface area contributed by atoms with Gasteiger partial charge in [-0.1, -0.05) is 23.8 Å². The van der Waals surface area contributed by atoms with Crippen molar-refractivity contribution in [2.24, 2.45) is 11.8 Å². The second kappa shape index (κ2) is 4.29. The molecule has 1 aromatic rings. The van der Waals surface area contributed by atoms with Crippen LogP contribution >= 0.6 is 0 Å². The summed E-state index contributed by atoms with van der Waals surface area (Å²) in [6.07, 6.45) is 4.40. The number of benzene rings is 1. The minimum Gasteiger partial charge on any atom is -0.495 e. The molecule has 5 fully saturated rings. The number of anilines is 1.